The van der Waals surface area contributed by atoms with E-state index in [2.05, 4.69) is 5.32 Å². The summed E-state index contributed by atoms with van der Waals surface area (Å²) in [4.78, 5) is 22.5. The van der Waals surface area contributed by atoms with E-state index in [1.807, 2.05) is 0 Å². The number of nitrogens with one attached hydrogen (secondary N) is 1. The van der Waals surface area contributed by atoms with Crippen LogP contribution in [0.3, 0.4) is 0 Å². The van der Waals surface area contributed by atoms with E-state index in [-0.39, 0.29) is 30.8 Å². The highest BCUT2D eigenvalue weighted by atomic mass is 16.5. The van der Waals surface area contributed by atoms with Gasteiger partial charge in [0.2, 0.25) is 5.91 Å². The highest BCUT2D eigenvalue weighted by Crippen LogP contribution is 2.06. The molecule has 0 atom stereocenters. The van der Waals surface area contributed by atoms with Gasteiger partial charge in [0, 0.05) is 25.7 Å². The summed E-state index contributed by atoms with van der Waals surface area (Å²) in [6, 6.07) is 0.198. The first-order chi connectivity index (χ1) is 7.72. The Morgan fingerprint density at radius 3 is 2.62 bits per heavy atom. The van der Waals surface area contributed by atoms with Crippen LogP contribution in [0.1, 0.15) is 32.6 Å². The maximum absolute atomic E-state index is 11.5. The number of amides is 1. The van der Waals surface area contributed by atoms with Crippen LogP contribution in [-0.4, -0.2) is 37.7 Å². The fourth-order valence-electron chi connectivity index (χ4n) is 1.59. The van der Waals surface area contributed by atoms with Crippen molar-refractivity contribution in [1.29, 1.82) is 0 Å². The first-order valence-corrected chi connectivity index (χ1v) is 5.75. The van der Waals surface area contributed by atoms with Crippen LogP contribution in [0.25, 0.3) is 0 Å². The molecule has 16 heavy (non-hydrogen) atoms. The summed E-state index contributed by atoms with van der Waals surface area (Å²) in [5, 5.41) is 2.89. The van der Waals surface area contributed by atoms with Crippen LogP contribution in [0, 0.1) is 0 Å². The molecule has 1 heterocycles. The zero-order valence-electron chi connectivity index (χ0n) is 9.66. The van der Waals surface area contributed by atoms with Crippen LogP contribution >= 0.6 is 0 Å². The van der Waals surface area contributed by atoms with Gasteiger partial charge < -0.3 is 14.8 Å². The average molecular weight is 229 g/mol. The summed E-state index contributed by atoms with van der Waals surface area (Å²) in [5.41, 5.74) is 0. The van der Waals surface area contributed by atoms with Gasteiger partial charge in [-0.3, -0.25) is 9.59 Å². The minimum absolute atomic E-state index is 0.0834. The maximum Gasteiger partial charge on any atom is 0.306 e. The van der Waals surface area contributed by atoms with Crippen molar-refractivity contribution < 1.29 is 19.1 Å². The lowest BCUT2D eigenvalue weighted by Gasteiger charge is -2.22. The largest absolute Gasteiger partial charge is 0.466 e. The molecule has 0 unspecified atom stereocenters. The molecule has 92 valence electrons. The lowest BCUT2D eigenvalue weighted by atomic mass is 10.1. The zero-order valence-corrected chi connectivity index (χ0v) is 9.66. The van der Waals surface area contributed by atoms with Gasteiger partial charge in [-0.1, -0.05) is 0 Å². The van der Waals surface area contributed by atoms with Crippen molar-refractivity contribution in [2.24, 2.45) is 0 Å². The first-order valence-electron chi connectivity index (χ1n) is 5.75. The third kappa shape index (κ3) is 5.11. The van der Waals surface area contributed by atoms with Crippen LogP contribution in [0.4, 0.5) is 0 Å². The smallest absolute Gasteiger partial charge is 0.306 e. The van der Waals surface area contributed by atoms with Crippen molar-refractivity contribution in [2.45, 2.75) is 38.6 Å². The molecule has 1 aliphatic rings. The quantitative estimate of drug-likeness (QED) is 0.702. The molecule has 0 spiro atoms. The van der Waals surface area contributed by atoms with Crippen LogP contribution in [0.15, 0.2) is 0 Å². The molecule has 1 aliphatic heterocycles. The Balaban J connectivity index is 2.12. The van der Waals surface area contributed by atoms with E-state index < -0.39 is 0 Å². The molecular formula is C11H19NO4. The Labute approximate surface area is 95.5 Å². The van der Waals surface area contributed by atoms with E-state index in [9.17, 15) is 9.59 Å². The fraction of sp³-hybridized carbons (Fsp3) is 0.818. The monoisotopic (exact) mass is 229 g/mol. The second-order valence-corrected chi connectivity index (χ2v) is 3.76. The van der Waals surface area contributed by atoms with Crippen LogP contribution in [-0.2, 0) is 19.1 Å². The van der Waals surface area contributed by atoms with Crippen molar-refractivity contribution in [3.63, 3.8) is 0 Å². The number of carbonyl (C=O) groups excluding carboxylic acids is 2. The Morgan fingerprint density at radius 2 is 2.00 bits per heavy atom. The lowest BCUT2D eigenvalue weighted by Crippen LogP contribution is -2.39. The summed E-state index contributed by atoms with van der Waals surface area (Å²) >= 11 is 0. The maximum atomic E-state index is 11.5. The standard InChI is InChI=1S/C11H19NO4/c1-2-16-11(14)4-3-10(13)12-9-5-7-15-8-6-9/h9H,2-8H2,1H3,(H,12,13). The predicted molar refractivity (Wildman–Crippen MR) is 57.9 cm³/mol. The predicted octanol–water partition coefficient (Wildman–Crippen LogP) is 0.625. The summed E-state index contributed by atoms with van der Waals surface area (Å²) < 4.78 is 9.93. The van der Waals surface area contributed by atoms with Gasteiger partial charge in [0.1, 0.15) is 0 Å². The third-order valence-corrected chi connectivity index (χ3v) is 2.45. The van der Waals surface area contributed by atoms with E-state index >= 15 is 0 Å². The minimum Gasteiger partial charge on any atom is -0.466 e. The highest BCUT2D eigenvalue weighted by Gasteiger charge is 2.16. The number of hydrogen-bond acceptors (Lipinski definition) is 4. The molecule has 0 aromatic heterocycles. The summed E-state index contributed by atoms with van der Waals surface area (Å²) in [6.45, 7) is 3.51. The number of hydrogen-bond donors (Lipinski definition) is 1. The second-order valence-electron chi connectivity index (χ2n) is 3.76. The van der Waals surface area contributed by atoms with Crippen molar-refractivity contribution >= 4 is 11.9 Å². The lowest BCUT2D eigenvalue weighted by molar-refractivity contribution is -0.144. The number of ether oxygens (including phenoxy) is 2. The molecule has 0 aromatic carbocycles. The summed E-state index contributed by atoms with van der Waals surface area (Å²) in [6.07, 6.45) is 2.06. The van der Waals surface area contributed by atoms with E-state index in [4.69, 9.17) is 9.47 Å². The number of esters is 1. The molecular weight excluding hydrogens is 210 g/mol. The van der Waals surface area contributed by atoms with Crippen LogP contribution in [0.5, 0.6) is 0 Å². The molecule has 1 saturated heterocycles. The van der Waals surface area contributed by atoms with Gasteiger partial charge in [-0.15, -0.1) is 0 Å². The zero-order chi connectivity index (χ0) is 11.8. The van der Waals surface area contributed by atoms with Gasteiger partial charge in [0.05, 0.1) is 13.0 Å². The van der Waals surface area contributed by atoms with Crippen molar-refractivity contribution in [2.75, 3.05) is 19.8 Å². The molecule has 0 bridgehead atoms. The molecule has 1 rings (SSSR count). The Bertz CT molecular complexity index is 236. The molecule has 5 heteroatoms. The van der Waals surface area contributed by atoms with Crippen LogP contribution < -0.4 is 5.32 Å². The number of carbonyl (C=O) groups is 2. The topological polar surface area (TPSA) is 64.6 Å². The van der Waals surface area contributed by atoms with E-state index in [1.165, 1.54) is 0 Å². The molecule has 0 saturated carbocycles. The van der Waals surface area contributed by atoms with Crippen molar-refractivity contribution in [3.8, 4) is 0 Å². The molecule has 1 N–H and O–H groups in total. The molecule has 0 radical (unpaired) electrons. The minimum atomic E-state index is -0.315. The SMILES string of the molecule is CCOC(=O)CCC(=O)NC1CCOCC1. The summed E-state index contributed by atoms with van der Waals surface area (Å²) in [7, 11) is 0. The van der Waals surface area contributed by atoms with Gasteiger partial charge in [-0.2, -0.15) is 0 Å². The number of rotatable bonds is 5. The van der Waals surface area contributed by atoms with Crippen molar-refractivity contribution in [1.82, 2.24) is 5.32 Å². The normalized spacial score (nSPS) is 16.8. The third-order valence-electron chi connectivity index (χ3n) is 2.45. The van der Waals surface area contributed by atoms with Crippen LogP contribution in [0.2, 0.25) is 0 Å². The molecule has 0 aromatic rings. The molecule has 1 amide bonds. The Kier molecular flexibility index (Phi) is 5.85. The van der Waals surface area contributed by atoms with Gasteiger partial charge in [0.15, 0.2) is 0 Å². The molecule has 1 fully saturated rings. The fourth-order valence-corrected chi connectivity index (χ4v) is 1.59. The molecule has 0 aliphatic carbocycles. The first kappa shape index (κ1) is 13.0. The van der Waals surface area contributed by atoms with E-state index in [0.29, 0.717) is 19.8 Å². The van der Waals surface area contributed by atoms with Gasteiger partial charge in [-0.05, 0) is 19.8 Å². The van der Waals surface area contributed by atoms with Gasteiger partial charge >= 0.3 is 5.97 Å². The second kappa shape index (κ2) is 7.22. The molecule has 5 nitrogen and oxygen atoms in total. The van der Waals surface area contributed by atoms with Gasteiger partial charge in [0.25, 0.3) is 0 Å². The van der Waals surface area contributed by atoms with Crippen molar-refractivity contribution in [3.05, 3.63) is 0 Å². The van der Waals surface area contributed by atoms with E-state index in [0.717, 1.165) is 12.8 Å². The Morgan fingerprint density at radius 1 is 1.31 bits per heavy atom. The highest BCUT2D eigenvalue weighted by molar-refractivity contribution is 5.81. The Hall–Kier alpha value is -1.10. The van der Waals surface area contributed by atoms with Gasteiger partial charge in [-0.25, -0.2) is 0 Å². The van der Waals surface area contributed by atoms with E-state index in [1.54, 1.807) is 6.92 Å². The average Bonchev–Trinajstić information content (AvgIpc) is 2.28. The summed E-state index contributed by atoms with van der Waals surface area (Å²) in [5.74, 6) is -0.399.